The summed E-state index contributed by atoms with van der Waals surface area (Å²) in [6.07, 6.45) is 7.06. The summed E-state index contributed by atoms with van der Waals surface area (Å²) in [6.45, 7) is 6.61. The third-order valence-corrected chi connectivity index (χ3v) is 10.5. The lowest BCUT2D eigenvalue weighted by Gasteiger charge is -2.27. The van der Waals surface area contributed by atoms with Crippen LogP contribution in [0.4, 0.5) is 5.82 Å². The lowest BCUT2D eigenvalue weighted by molar-refractivity contribution is 0.0793. The van der Waals surface area contributed by atoms with E-state index in [0.717, 1.165) is 51.0 Å². The van der Waals surface area contributed by atoms with Gasteiger partial charge in [0.15, 0.2) is 0 Å². The van der Waals surface area contributed by atoms with Crippen molar-refractivity contribution in [1.29, 1.82) is 0 Å². The van der Waals surface area contributed by atoms with Crippen molar-refractivity contribution in [2.24, 2.45) is 0 Å². The number of anilines is 1. The van der Waals surface area contributed by atoms with Crippen LogP contribution in [-0.2, 0) is 6.42 Å². The second-order valence-corrected chi connectivity index (χ2v) is 14.9. The highest BCUT2D eigenvalue weighted by molar-refractivity contribution is 6.89. The van der Waals surface area contributed by atoms with Crippen molar-refractivity contribution in [1.82, 2.24) is 9.88 Å². The van der Waals surface area contributed by atoms with E-state index >= 15 is 0 Å². The van der Waals surface area contributed by atoms with Gasteiger partial charge in [0.1, 0.15) is 5.82 Å². The number of nitrogens with zero attached hydrogens (tertiary/aromatic N) is 2. The number of benzene rings is 2. The van der Waals surface area contributed by atoms with Crippen molar-refractivity contribution in [3.63, 3.8) is 0 Å². The molecule has 34 heavy (non-hydrogen) atoms. The third kappa shape index (κ3) is 6.35. The highest BCUT2D eigenvalue weighted by atomic mass is 28.3. The predicted octanol–water partition coefficient (Wildman–Crippen LogP) is 5.74. The Morgan fingerprint density at radius 2 is 1.62 bits per heavy atom. The average Bonchev–Trinajstić information content (AvgIpc) is 3.42. The maximum Gasteiger partial charge on any atom is 0.257 e. The minimum Gasteiger partial charge on any atom is -0.367 e. The number of aryl methyl sites for hydroxylation is 1. The highest BCUT2D eigenvalue weighted by Gasteiger charge is 2.26. The number of likely N-dealkylation sites (tertiary alicyclic amines) is 1. The molecule has 1 aliphatic heterocycles. The minimum absolute atomic E-state index is 0.105. The van der Waals surface area contributed by atoms with Gasteiger partial charge >= 0.3 is 0 Å². The first-order valence-corrected chi connectivity index (χ1v) is 15.8. The fourth-order valence-electron chi connectivity index (χ4n) is 4.82. The lowest BCUT2D eigenvalue weighted by Crippen LogP contribution is -2.42. The Hall–Kier alpha value is -2.92. The molecule has 4 rings (SSSR count). The smallest absolute Gasteiger partial charge is 0.257 e. The van der Waals surface area contributed by atoms with Gasteiger partial charge in [-0.05, 0) is 49.8 Å². The van der Waals surface area contributed by atoms with E-state index in [1.807, 2.05) is 17.0 Å². The molecular formula is C29H37N3OSi. The lowest BCUT2D eigenvalue weighted by atomic mass is 10.0. The second-order valence-electron chi connectivity index (χ2n) is 10.1. The van der Waals surface area contributed by atoms with Crippen LogP contribution in [0.2, 0.25) is 19.1 Å². The average molecular weight is 472 g/mol. The van der Waals surface area contributed by atoms with Crippen molar-refractivity contribution in [3.05, 3.63) is 90.1 Å². The number of nitrogens with one attached hydrogen (secondary N) is 1. The molecule has 1 aliphatic rings. The fraction of sp³-hybridized carbons (Fsp3) is 0.379. The fourth-order valence-corrected chi connectivity index (χ4v) is 7.27. The second kappa shape index (κ2) is 11.5. The van der Waals surface area contributed by atoms with E-state index in [1.54, 1.807) is 6.20 Å². The Morgan fingerprint density at radius 1 is 0.941 bits per heavy atom. The Bertz CT molecular complexity index is 1050. The van der Waals surface area contributed by atoms with Gasteiger partial charge in [0.05, 0.1) is 13.6 Å². The molecule has 0 aliphatic carbocycles. The molecule has 1 aromatic heterocycles. The van der Waals surface area contributed by atoms with Gasteiger partial charge in [-0.25, -0.2) is 4.98 Å². The molecule has 1 fully saturated rings. The monoisotopic (exact) mass is 471 g/mol. The first-order chi connectivity index (χ1) is 16.5. The largest absolute Gasteiger partial charge is 0.367 e. The summed E-state index contributed by atoms with van der Waals surface area (Å²) in [4.78, 5) is 19.8. The summed E-state index contributed by atoms with van der Waals surface area (Å²) >= 11 is 0. The summed E-state index contributed by atoms with van der Waals surface area (Å²) < 4.78 is 0. The number of hydrogen-bond acceptors (Lipinski definition) is 3. The number of carbonyl (C=O) groups excluding carboxylic acids is 1. The number of rotatable bonds is 10. The third-order valence-electron chi connectivity index (χ3n) is 7.07. The first-order valence-electron chi connectivity index (χ1n) is 12.6. The van der Waals surface area contributed by atoms with Crippen LogP contribution >= 0.6 is 0 Å². The van der Waals surface area contributed by atoms with E-state index in [0.29, 0.717) is 5.56 Å². The highest BCUT2D eigenvalue weighted by Crippen LogP contribution is 2.23. The van der Waals surface area contributed by atoms with E-state index < -0.39 is 8.07 Å². The Labute approximate surface area is 205 Å². The zero-order valence-electron chi connectivity index (χ0n) is 20.5. The molecule has 4 nitrogen and oxygen atoms in total. The van der Waals surface area contributed by atoms with Crippen LogP contribution in [-0.4, -0.2) is 43.0 Å². The standard InChI is InChI=1S/C29H37N3OSi/c1-34(2,26-14-7-4-8-15-26)23-19-25(18-17-24-12-5-3-6-13-24)31-28-27(16-11-20-30-28)29(33)32-21-9-10-22-32/h3-8,11-16,20,25H,9-10,17-19,21-23H2,1-2H3,(H,30,31). The van der Waals surface area contributed by atoms with Crippen molar-refractivity contribution < 1.29 is 4.79 Å². The molecule has 0 radical (unpaired) electrons. The van der Waals surface area contributed by atoms with Gasteiger partial charge in [0.25, 0.3) is 5.91 Å². The van der Waals surface area contributed by atoms with Gasteiger partial charge in [-0.3, -0.25) is 4.79 Å². The minimum atomic E-state index is -1.56. The zero-order chi connectivity index (χ0) is 23.8. The van der Waals surface area contributed by atoms with Crippen LogP contribution in [0.25, 0.3) is 0 Å². The number of hydrogen-bond donors (Lipinski definition) is 1. The van der Waals surface area contributed by atoms with Gasteiger partial charge in [0.2, 0.25) is 0 Å². The summed E-state index contributed by atoms with van der Waals surface area (Å²) in [7, 11) is -1.56. The van der Waals surface area contributed by atoms with Crippen LogP contribution in [0, 0.1) is 0 Å². The van der Waals surface area contributed by atoms with Crippen molar-refractivity contribution in [2.75, 3.05) is 18.4 Å². The van der Waals surface area contributed by atoms with Crippen LogP contribution in [0.3, 0.4) is 0 Å². The zero-order valence-corrected chi connectivity index (χ0v) is 21.5. The topological polar surface area (TPSA) is 45.2 Å². The van der Waals surface area contributed by atoms with Gasteiger partial charge in [-0.2, -0.15) is 0 Å². The van der Waals surface area contributed by atoms with E-state index in [-0.39, 0.29) is 11.9 Å². The Balaban J connectivity index is 1.50. The van der Waals surface area contributed by atoms with E-state index in [2.05, 4.69) is 84.1 Å². The predicted molar refractivity (Wildman–Crippen MR) is 145 cm³/mol. The van der Waals surface area contributed by atoms with Crippen molar-refractivity contribution >= 4 is 25.0 Å². The van der Waals surface area contributed by atoms with Gasteiger partial charge in [0, 0.05) is 25.3 Å². The summed E-state index contributed by atoms with van der Waals surface area (Å²) in [5.74, 6) is 0.838. The number of aromatic nitrogens is 1. The molecule has 0 spiro atoms. The SMILES string of the molecule is C[Si](C)(CCC(CCc1ccccc1)Nc1ncccc1C(=O)N1CCCC1)c1ccccc1. The molecule has 0 saturated carbocycles. The maximum absolute atomic E-state index is 13.2. The molecular weight excluding hydrogens is 434 g/mol. The van der Waals surface area contributed by atoms with E-state index in [9.17, 15) is 4.79 Å². The Kier molecular flexibility index (Phi) is 8.17. The Morgan fingerprint density at radius 3 is 2.32 bits per heavy atom. The molecule has 1 saturated heterocycles. The van der Waals surface area contributed by atoms with Crippen LogP contribution in [0.5, 0.6) is 0 Å². The van der Waals surface area contributed by atoms with Gasteiger partial charge < -0.3 is 10.2 Å². The molecule has 1 unspecified atom stereocenters. The number of pyridine rings is 1. The van der Waals surface area contributed by atoms with Crippen LogP contribution in [0.1, 0.15) is 41.6 Å². The molecule has 3 aromatic rings. The molecule has 2 aromatic carbocycles. The molecule has 178 valence electrons. The van der Waals surface area contributed by atoms with Crippen LogP contribution in [0.15, 0.2) is 79.0 Å². The normalized spacial score (nSPS) is 14.7. The molecule has 2 heterocycles. The summed E-state index contributed by atoms with van der Waals surface area (Å²) in [5.41, 5.74) is 2.05. The van der Waals surface area contributed by atoms with Gasteiger partial charge in [-0.15, -0.1) is 0 Å². The van der Waals surface area contributed by atoms with E-state index in [1.165, 1.54) is 16.8 Å². The maximum atomic E-state index is 13.2. The molecule has 5 heteroatoms. The van der Waals surface area contributed by atoms with E-state index in [4.69, 9.17) is 0 Å². The number of amides is 1. The molecule has 0 bridgehead atoms. The summed E-state index contributed by atoms with van der Waals surface area (Å²) in [6, 6.07) is 26.9. The molecule has 1 atom stereocenters. The van der Waals surface area contributed by atoms with Crippen molar-refractivity contribution in [2.45, 2.75) is 57.3 Å². The summed E-state index contributed by atoms with van der Waals surface area (Å²) in [5, 5.41) is 5.21. The quantitative estimate of drug-likeness (QED) is 0.384. The molecule has 1 amide bonds. The number of carbonyl (C=O) groups is 1. The van der Waals surface area contributed by atoms with Crippen molar-refractivity contribution in [3.8, 4) is 0 Å². The first kappa shape index (κ1) is 24.2. The molecule has 1 N–H and O–H groups in total. The van der Waals surface area contributed by atoms with Crippen LogP contribution < -0.4 is 10.5 Å². The van der Waals surface area contributed by atoms with Gasteiger partial charge in [-0.1, -0.05) is 85.0 Å².